The summed E-state index contributed by atoms with van der Waals surface area (Å²) in [6, 6.07) is 6.99. The SMILES string of the molecule is Cc1cc2nn3c(cnc13)-c1ccc(O)c(c1)C(=O)NCCCCCN2. The van der Waals surface area contributed by atoms with Crippen molar-refractivity contribution in [2.24, 2.45) is 0 Å². The fraction of sp³-hybridized carbons (Fsp3) is 0.316. The molecule has 0 atom stereocenters. The molecule has 0 saturated heterocycles. The highest BCUT2D eigenvalue weighted by Crippen LogP contribution is 2.27. The molecule has 0 unspecified atom stereocenters. The first-order chi connectivity index (χ1) is 12.6. The van der Waals surface area contributed by atoms with E-state index in [1.807, 2.05) is 13.0 Å². The maximum atomic E-state index is 12.4. The minimum Gasteiger partial charge on any atom is -0.507 e. The van der Waals surface area contributed by atoms with E-state index in [-0.39, 0.29) is 17.2 Å². The van der Waals surface area contributed by atoms with Crippen LogP contribution < -0.4 is 10.6 Å². The molecule has 3 N–H and O–H groups in total. The van der Waals surface area contributed by atoms with Gasteiger partial charge < -0.3 is 15.7 Å². The van der Waals surface area contributed by atoms with E-state index in [9.17, 15) is 9.90 Å². The van der Waals surface area contributed by atoms with Crippen LogP contribution in [0.2, 0.25) is 0 Å². The number of aromatic hydroxyl groups is 1. The van der Waals surface area contributed by atoms with Crippen molar-refractivity contribution < 1.29 is 9.90 Å². The summed E-state index contributed by atoms with van der Waals surface area (Å²) in [5.41, 5.74) is 3.61. The molecule has 7 nitrogen and oxygen atoms in total. The molecule has 1 amide bonds. The van der Waals surface area contributed by atoms with Gasteiger partial charge >= 0.3 is 0 Å². The second-order valence-electron chi connectivity index (χ2n) is 6.57. The van der Waals surface area contributed by atoms with Gasteiger partial charge in [0.2, 0.25) is 0 Å². The zero-order valence-electron chi connectivity index (χ0n) is 14.6. The third-order valence-electron chi connectivity index (χ3n) is 4.63. The summed E-state index contributed by atoms with van der Waals surface area (Å²) in [5, 5.41) is 21.0. The zero-order chi connectivity index (χ0) is 18.1. The van der Waals surface area contributed by atoms with Crippen LogP contribution in [0.3, 0.4) is 0 Å². The van der Waals surface area contributed by atoms with Crippen LogP contribution in [0.4, 0.5) is 5.82 Å². The molecule has 1 aromatic carbocycles. The number of nitrogens with zero attached hydrogens (tertiary/aromatic N) is 3. The Bertz CT molecular complexity index is 979. The summed E-state index contributed by atoms with van der Waals surface area (Å²) < 4.78 is 1.78. The first-order valence-corrected chi connectivity index (χ1v) is 8.84. The second kappa shape index (κ2) is 6.67. The monoisotopic (exact) mass is 351 g/mol. The molecule has 26 heavy (non-hydrogen) atoms. The normalized spacial score (nSPS) is 15.2. The van der Waals surface area contributed by atoms with Gasteiger partial charge in [0, 0.05) is 18.7 Å². The van der Waals surface area contributed by atoms with Crippen molar-refractivity contribution in [3.05, 3.63) is 41.6 Å². The molecule has 2 aromatic heterocycles. The van der Waals surface area contributed by atoms with Gasteiger partial charge in [-0.25, -0.2) is 9.50 Å². The number of aryl methyl sites for hydroxylation is 1. The number of carbonyl (C=O) groups is 1. The van der Waals surface area contributed by atoms with Crippen LogP contribution in [0.25, 0.3) is 16.9 Å². The van der Waals surface area contributed by atoms with Crippen LogP contribution in [-0.4, -0.2) is 38.7 Å². The van der Waals surface area contributed by atoms with E-state index in [1.54, 1.807) is 22.8 Å². The summed E-state index contributed by atoms with van der Waals surface area (Å²) in [6.07, 6.45) is 4.62. The maximum absolute atomic E-state index is 12.4. The Morgan fingerprint density at radius 1 is 1.12 bits per heavy atom. The fourth-order valence-electron chi connectivity index (χ4n) is 3.22. The Balaban J connectivity index is 1.88. The molecule has 7 heteroatoms. The van der Waals surface area contributed by atoms with Gasteiger partial charge in [-0.15, -0.1) is 5.10 Å². The number of aromatic nitrogens is 3. The first-order valence-electron chi connectivity index (χ1n) is 8.84. The molecule has 4 bridgehead atoms. The van der Waals surface area contributed by atoms with Crippen molar-refractivity contribution in [1.29, 1.82) is 0 Å². The number of nitrogens with one attached hydrogen (secondary N) is 2. The molecule has 0 saturated carbocycles. The van der Waals surface area contributed by atoms with E-state index in [0.29, 0.717) is 6.54 Å². The minimum absolute atomic E-state index is 0.0316. The lowest BCUT2D eigenvalue weighted by atomic mass is 10.1. The van der Waals surface area contributed by atoms with Gasteiger partial charge in [-0.1, -0.05) is 0 Å². The van der Waals surface area contributed by atoms with Gasteiger partial charge in [-0.3, -0.25) is 4.79 Å². The highest BCUT2D eigenvalue weighted by molar-refractivity contribution is 5.98. The van der Waals surface area contributed by atoms with Crippen molar-refractivity contribution >= 4 is 17.4 Å². The molecule has 3 aromatic rings. The van der Waals surface area contributed by atoms with Gasteiger partial charge in [-0.2, -0.15) is 0 Å². The molecule has 0 radical (unpaired) electrons. The molecule has 0 spiro atoms. The van der Waals surface area contributed by atoms with Crippen LogP contribution in [0, 0.1) is 6.92 Å². The molecule has 0 fully saturated rings. The van der Waals surface area contributed by atoms with E-state index < -0.39 is 0 Å². The number of anilines is 1. The average Bonchev–Trinajstić information content (AvgIpc) is 3.05. The van der Waals surface area contributed by atoms with Crippen LogP contribution in [0.5, 0.6) is 5.75 Å². The van der Waals surface area contributed by atoms with Crippen LogP contribution in [0.1, 0.15) is 35.2 Å². The molecular formula is C19H21N5O2. The van der Waals surface area contributed by atoms with Crippen LogP contribution >= 0.6 is 0 Å². The number of carbonyl (C=O) groups excluding carboxylic acids is 1. The summed E-state index contributed by atoms with van der Waals surface area (Å²) in [5.74, 6) is 0.504. The molecule has 3 heterocycles. The van der Waals surface area contributed by atoms with Crippen LogP contribution in [0.15, 0.2) is 30.5 Å². The number of hydrogen-bond donors (Lipinski definition) is 3. The van der Waals surface area contributed by atoms with E-state index >= 15 is 0 Å². The lowest BCUT2D eigenvalue weighted by Gasteiger charge is -2.09. The molecule has 134 valence electrons. The Labute approximate surface area is 151 Å². The van der Waals surface area contributed by atoms with Crippen molar-refractivity contribution in [3.63, 3.8) is 0 Å². The summed E-state index contributed by atoms with van der Waals surface area (Å²) in [4.78, 5) is 16.9. The topological polar surface area (TPSA) is 91.6 Å². The fourth-order valence-corrected chi connectivity index (χ4v) is 3.22. The summed E-state index contributed by atoms with van der Waals surface area (Å²) >= 11 is 0. The highest BCUT2D eigenvalue weighted by atomic mass is 16.3. The zero-order valence-corrected chi connectivity index (χ0v) is 14.6. The summed E-state index contributed by atoms with van der Waals surface area (Å²) in [6.45, 7) is 3.41. The number of phenols is 1. The smallest absolute Gasteiger partial charge is 0.255 e. The number of rotatable bonds is 0. The average molecular weight is 351 g/mol. The quantitative estimate of drug-likeness (QED) is 0.579. The maximum Gasteiger partial charge on any atom is 0.255 e. The Morgan fingerprint density at radius 2 is 1.92 bits per heavy atom. The van der Waals surface area contributed by atoms with Crippen LogP contribution in [-0.2, 0) is 0 Å². The van der Waals surface area contributed by atoms with Crippen molar-refractivity contribution in [2.75, 3.05) is 18.4 Å². The molecule has 4 rings (SSSR count). The number of phenolic OH excluding ortho intramolecular Hbond substituents is 1. The third-order valence-corrected chi connectivity index (χ3v) is 4.63. The van der Waals surface area contributed by atoms with E-state index in [0.717, 1.165) is 54.1 Å². The molecular weight excluding hydrogens is 330 g/mol. The van der Waals surface area contributed by atoms with E-state index in [4.69, 9.17) is 0 Å². The predicted molar refractivity (Wildman–Crippen MR) is 99.5 cm³/mol. The van der Waals surface area contributed by atoms with Gasteiger partial charge in [0.05, 0.1) is 17.5 Å². The molecule has 0 aliphatic carbocycles. The van der Waals surface area contributed by atoms with Crippen molar-refractivity contribution in [2.45, 2.75) is 26.2 Å². The molecule has 1 aliphatic heterocycles. The number of hydrogen-bond acceptors (Lipinski definition) is 5. The van der Waals surface area contributed by atoms with Gasteiger partial charge in [0.1, 0.15) is 11.6 Å². The minimum atomic E-state index is -0.268. The predicted octanol–water partition coefficient (Wildman–Crippen LogP) is 2.74. The Morgan fingerprint density at radius 3 is 2.77 bits per heavy atom. The third kappa shape index (κ3) is 2.96. The van der Waals surface area contributed by atoms with E-state index in [1.165, 1.54) is 6.07 Å². The number of amides is 1. The number of imidazole rings is 1. The Kier molecular flexibility index (Phi) is 4.20. The van der Waals surface area contributed by atoms with E-state index in [2.05, 4.69) is 20.7 Å². The van der Waals surface area contributed by atoms with Crippen molar-refractivity contribution in [1.82, 2.24) is 19.9 Å². The highest BCUT2D eigenvalue weighted by Gasteiger charge is 2.16. The van der Waals surface area contributed by atoms with Crippen molar-refractivity contribution in [3.8, 4) is 17.0 Å². The first kappa shape index (κ1) is 16.4. The van der Waals surface area contributed by atoms with Gasteiger partial charge in [0.15, 0.2) is 5.65 Å². The largest absolute Gasteiger partial charge is 0.507 e. The lowest BCUT2D eigenvalue weighted by molar-refractivity contribution is 0.0950. The standard InChI is InChI=1S/C19H21N5O2/c1-12-9-17-20-7-3-2-4-8-21-19(26)14-10-13(5-6-16(14)25)15-11-22-18(12)24(15)23-17/h5-6,9-11,25H,2-4,7-8H2,1H3,(H,20,23)(H,21,26). The summed E-state index contributed by atoms with van der Waals surface area (Å²) in [7, 11) is 0. The molecule has 1 aliphatic rings. The van der Waals surface area contributed by atoms with Gasteiger partial charge in [-0.05, 0) is 56.0 Å². The Hall–Kier alpha value is -3.09. The number of fused-ring (bicyclic) bond motifs is 4. The number of benzene rings is 1. The lowest BCUT2D eigenvalue weighted by Crippen LogP contribution is -2.24. The second-order valence-corrected chi connectivity index (χ2v) is 6.57. The van der Waals surface area contributed by atoms with Gasteiger partial charge in [0.25, 0.3) is 5.91 Å².